The molecule has 2 aliphatic heterocycles. The van der Waals surface area contributed by atoms with Crippen molar-refractivity contribution in [3.63, 3.8) is 0 Å². The van der Waals surface area contributed by atoms with E-state index >= 15 is 0 Å². The van der Waals surface area contributed by atoms with E-state index < -0.39 is 21.3 Å². The molecule has 9 heteroatoms. The second-order valence-corrected chi connectivity index (χ2v) is 11.7. The van der Waals surface area contributed by atoms with Crippen LogP contribution in [0.4, 0.5) is 0 Å². The summed E-state index contributed by atoms with van der Waals surface area (Å²) in [7, 11) is -1.68. The van der Waals surface area contributed by atoms with Crippen LogP contribution in [0.25, 0.3) is 11.1 Å². The SMILES string of the molecule is COc1ccc(C(=O)N2CCC[C@](C)(C(=O)N[C@@H]3C=CS(=O)(=O)C3)CC2)c(-c2ccccc2Cl)c1. The molecular weight excluding hydrogens is 488 g/mol. The first kappa shape index (κ1) is 25.3. The molecule has 4 rings (SSSR count). The lowest BCUT2D eigenvalue weighted by Gasteiger charge is -2.28. The van der Waals surface area contributed by atoms with Crippen molar-refractivity contribution in [1.82, 2.24) is 10.2 Å². The fourth-order valence-corrected chi connectivity index (χ4v) is 6.10. The topological polar surface area (TPSA) is 92.8 Å². The summed E-state index contributed by atoms with van der Waals surface area (Å²) in [4.78, 5) is 28.5. The van der Waals surface area contributed by atoms with Gasteiger partial charge in [0.05, 0.1) is 18.9 Å². The van der Waals surface area contributed by atoms with E-state index in [1.54, 1.807) is 30.2 Å². The first-order valence-corrected chi connectivity index (χ1v) is 13.7. The van der Waals surface area contributed by atoms with Crippen LogP contribution >= 0.6 is 11.6 Å². The third-order valence-corrected chi connectivity index (χ3v) is 8.52. The molecule has 2 atom stereocenters. The van der Waals surface area contributed by atoms with Crippen molar-refractivity contribution in [2.45, 2.75) is 32.2 Å². The standard InChI is InChI=1S/C26H29ClN2O5S/c1-26(25(31)28-18-10-15-35(32,33)17-18)11-5-13-29(14-12-26)24(30)21-9-8-19(34-2)16-22(21)20-6-3-4-7-23(20)27/h3-4,6-10,15-16,18H,5,11-14,17H2,1-2H3,(H,28,31)/t18-,26+/m1/s1. The first-order chi connectivity index (χ1) is 16.6. The molecule has 35 heavy (non-hydrogen) atoms. The molecule has 0 unspecified atom stereocenters. The third kappa shape index (κ3) is 5.54. The van der Waals surface area contributed by atoms with Crippen molar-refractivity contribution < 1.29 is 22.7 Å². The summed E-state index contributed by atoms with van der Waals surface area (Å²) in [5.41, 5.74) is 1.27. The number of nitrogens with zero attached hydrogens (tertiary/aromatic N) is 1. The summed E-state index contributed by atoms with van der Waals surface area (Å²) >= 11 is 6.45. The lowest BCUT2D eigenvalue weighted by Crippen LogP contribution is -2.45. The molecule has 2 aromatic carbocycles. The van der Waals surface area contributed by atoms with Crippen LogP contribution < -0.4 is 10.1 Å². The number of likely N-dealkylation sites (tertiary alicyclic amines) is 1. The number of carbonyl (C=O) groups is 2. The van der Waals surface area contributed by atoms with Crippen LogP contribution in [0.2, 0.25) is 5.02 Å². The van der Waals surface area contributed by atoms with Crippen molar-refractivity contribution in [3.05, 3.63) is 64.5 Å². The summed E-state index contributed by atoms with van der Waals surface area (Å²) < 4.78 is 28.7. The van der Waals surface area contributed by atoms with E-state index in [-0.39, 0.29) is 17.6 Å². The van der Waals surface area contributed by atoms with E-state index in [2.05, 4.69) is 5.32 Å². The molecule has 2 heterocycles. The molecular formula is C26H29ClN2O5S. The molecule has 1 N–H and O–H groups in total. The van der Waals surface area contributed by atoms with Crippen LogP contribution in [0.15, 0.2) is 53.9 Å². The molecule has 186 valence electrons. The molecule has 0 radical (unpaired) electrons. The highest BCUT2D eigenvalue weighted by Crippen LogP contribution is 2.36. The van der Waals surface area contributed by atoms with Gasteiger partial charge in [0.15, 0.2) is 9.84 Å². The Bertz CT molecular complexity index is 1280. The molecule has 0 bridgehead atoms. The third-order valence-electron chi connectivity index (χ3n) is 6.79. The lowest BCUT2D eigenvalue weighted by molar-refractivity contribution is -0.131. The van der Waals surface area contributed by atoms with Crippen molar-refractivity contribution in [2.75, 3.05) is 26.0 Å². The molecule has 2 amide bonds. The van der Waals surface area contributed by atoms with Crippen LogP contribution in [0, 0.1) is 5.41 Å². The van der Waals surface area contributed by atoms with Crippen LogP contribution in [-0.4, -0.2) is 57.1 Å². The number of benzene rings is 2. The van der Waals surface area contributed by atoms with Gasteiger partial charge in [0.25, 0.3) is 5.91 Å². The van der Waals surface area contributed by atoms with Gasteiger partial charge in [-0.15, -0.1) is 0 Å². The molecule has 0 spiro atoms. The maximum Gasteiger partial charge on any atom is 0.254 e. The van der Waals surface area contributed by atoms with Crippen LogP contribution in [-0.2, 0) is 14.6 Å². The van der Waals surface area contributed by atoms with Crippen molar-refractivity contribution in [2.24, 2.45) is 5.41 Å². The Morgan fingerprint density at radius 1 is 1.11 bits per heavy atom. The number of nitrogens with one attached hydrogen (secondary N) is 1. The van der Waals surface area contributed by atoms with Gasteiger partial charge in [0.1, 0.15) is 5.75 Å². The summed E-state index contributed by atoms with van der Waals surface area (Å²) in [6.45, 7) is 2.81. The molecule has 7 nitrogen and oxygen atoms in total. The maximum atomic E-state index is 13.7. The van der Waals surface area contributed by atoms with Gasteiger partial charge in [0.2, 0.25) is 5.91 Å². The number of sulfone groups is 1. The Hall–Kier alpha value is -2.84. The number of amides is 2. The smallest absolute Gasteiger partial charge is 0.254 e. The summed E-state index contributed by atoms with van der Waals surface area (Å²) in [5.74, 6) is 0.207. The van der Waals surface area contributed by atoms with Gasteiger partial charge < -0.3 is 15.0 Å². The fourth-order valence-electron chi connectivity index (χ4n) is 4.63. The molecule has 0 aromatic heterocycles. The van der Waals surface area contributed by atoms with E-state index in [1.165, 1.54) is 6.08 Å². The summed E-state index contributed by atoms with van der Waals surface area (Å²) in [6.07, 6.45) is 3.26. The number of halogens is 1. The van der Waals surface area contributed by atoms with Gasteiger partial charge in [-0.25, -0.2) is 8.42 Å². The fraction of sp³-hybridized carbons (Fsp3) is 0.385. The zero-order valence-electron chi connectivity index (χ0n) is 19.8. The average molecular weight is 517 g/mol. The number of hydrogen-bond acceptors (Lipinski definition) is 5. The van der Waals surface area contributed by atoms with E-state index in [9.17, 15) is 18.0 Å². The van der Waals surface area contributed by atoms with Crippen molar-refractivity contribution in [3.8, 4) is 16.9 Å². The Labute approximate surface area is 211 Å². The Morgan fingerprint density at radius 2 is 1.89 bits per heavy atom. The monoisotopic (exact) mass is 516 g/mol. The number of carbonyl (C=O) groups excluding carboxylic acids is 2. The number of rotatable bonds is 5. The van der Waals surface area contributed by atoms with Crippen molar-refractivity contribution >= 4 is 33.3 Å². The van der Waals surface area contributed by atoms with Crippen LogP contribution in [0.1, 0.15) is 36.5 Å². The highest BCUT2D eigenvalue weighted by molar-refractivity contribution is 7.94. The lowest BCUT2D eigenvalue weighted by atomic mass is 9.81. The zero-order chi connectivity index (χ0) is 25.2. The Kier molecular flexibility index (Phi) is 7.24. The van der Waals surface area contributed by atoms with Gasteiger partial charge in [-0.05, 0) is 55.2 Å². The first-order valence-electron chi connectivity index (χ1n) is 11.6. The minimum Gasteiger partial charge on any atom is -0.497 e. The van der Waals surface area contributed by atoms with Crippen molar-refractivity contribution in [1.29, 1.82) is 0 Å². The highest BCUT2D eigenvalue weighted by Gasteiger charge is 2.38. The average Bonchev–Trinajstić information content (AvgIpc) is 3.05. The minimum absolute atomic E-state index is 0.109. The minimum atomic E-state index is -3.25. The summed E-state index contributed by atoms with van der Waals surface area (Å²) in [6, 6.07) is 12.2. The van der Waals surface area contributed by atoms with Gasteiger partial charge in [-0.3, -0.25) is 9.59 Å². The molecule has 0 saturated carbocycles. The summed E-state index contributed by atoms with van der Waals surface area (Å²) in [5, 5.41) is 4.55. The largest absolute Gasteiger partial charge is 0.497 e. The van der Waals surface area contributed by atoms with E-state index in [0.717, 1.165) is 11.0 Å². The van der Waals surface area contributed by atoms with Crippen LogP contribution in [0.5, 0.6) is 5.75 Å². The van der Waals surface area contributed by atoms with E-state index in [1.807, 2.05) is 31.2 Å². The molecule has 2 aromatic rings. The van der Waals surface area contributed by atoms with Gasteiger partial charge >= 0.3 is 0 Å². The van der Waals surface area contributed by atoms with Gasteiger partial charge in [-0.1, -0.05) is 36.7 Å². The normalized spacial score (nSPS) is 23.5. The zero-order valence-corrected chi connectivity index (χ0v) is 21.4. The second kappa shape index (κ2) is 10.0. The Morgan fingerprint density at radius 3 is 2.57 bits per heavy atom. The predicted molar refractivity (Wildman–Crippen MR) is 136 cm³/mol. The van der Waals surface area contributed by atoms with E-state index in [4.69, 9.17) is 16.3 Å². The molecule has 0 aliphatic carbocycles. The highest BCUT2D eigenvalue weighted by atomic mass is 35.5. The van der Waals surface area contributed by atoms with E-state index in [0.29, 0.717) is 54.3 Å². The quantitative estimate of drug-likeness (QED) is 0.646. The van der Waals surface area contributed by atoms with Gasteiger partial charge in [0, 0.05) is 40.1 Å². The molecule has 1 fully saturated rings. The number of ether oxygens (including phenoxy) is 1. The van der Waals surface area contributed by atoms with Gasteiger partial charge in [-0.2, -0.15) is 0 Å². The van der Waals surface area contributed by atoms with Crippen LogP contribution in [0.3, 0.4) is 0 Å². The molecule has 1 saturated heterocycles. The number of methoxy groups -OCH3 is 1. The second-order valence-electron chi connectivity index (χ2n) is 9.34. The Balaban J connectivity index is 1.52. The maximum absolute atomic E-state index is 13.7. The number of hydrogen-bond donors (Lipinski definition) is 1. The molecule has 2 aliphatic rings. The predicted octanol–water partition coefficient (Wildman–Crippen LogP) is 4.07.